The molecule has 18 heavy (non-hydrogen) atoms. The molecular formula is C16H29NO. The van der Waals surface area contributed by atoms with E-state index in [1.807, 2.05) is 0 Å². The van der Waals surface area contributed by atoms with Gasteiger partial charge in [0.1, 0.15) is 0 Å². The van der Waals surface area contributed by atoms with E-state index >= 15 is 0 Å². The van der Waals surface area contributed by atoms with Gasteiger partial charge in [-0.2, -0.15) is 0 Å². The molecule has 0 radical (unpaired) electrons. The van der Waals surface area contributed by atoms with Gasteiger partial charge in [0, 0.05) is 6.54 Å². The van der Waals surface area contributed by atoms with Crippen LogP contribution in [0.2, 0.25) is 0 Å². The second-order valence-corrected chi connectivity index (χ2v) is 6.53. The van der Waals surface area contributed by atoms with Crippen molar-refractivity contribution in [3.05, 3.63) is 12.3 Å². The second-order valence-electron chi connectivity index (χ2n) is 6.53. The first kappa shape index (κ1) is 13.9. The lowest BCUT2D eigenvalue weighted by Crippen LogP contribution is -2.44. The second kappa shape index (κ2) is 5.64. The summed E-state index contributed by atoms with van der Waals surface area (Å²) < 4.78 is 0. The summed E-state index contributed by atoms with van der Waals surface area (Å²) in [5, 5.41) is 13.5. The van der Waals surface area contributed by atoms with Gasteiger partial charge < -0.3 is 10.4 Å². The van der Waals surface area contributed by atoms with Crippen LogP contribution in [-0.2, 0) is 0 Å². The Balaban J connectivity index is 2.33. The van der Waals surface area contributed by atoms with E-state index in [9.17, 15) is 5.11 Å². The molecule has 1 saturated carbocycles. The lowest BCUT2D eigenvalue weighted by atomic mass is 9.57. The van der Waals surface area contributed by atoms with E-state index in [1.165, 1.54) is 19.3 Å². The molecule has 1 aliphatic heterocycles. The minimum absolute atomic E-state index is 0.0725. The molecule has 1 heterocycles. The van der Waals surface area contributed by atoms with Crippen molar-refractivity contribution in [3.63, 3.8) is 0 Å². The first-order valence-electron chi connectivity index (χ1n) is 7.69. The Hall–Kier alpha value is -0.500. The molecule has 0 aromatic carbocycles. The number of allylic oxidation sites excluding steroid dienone is 1. The molecule has 0 saturated heterocycles. The third-order valence-corrected chi connectivity index (χ3v) is 5.51. The van der Waals surface area contributed by atoms with Crippen molar-refractivity contribution in [1.82, 2.24) is 5.32 Å². The molecule has 2 nitrogen and oxygen atoms in total. The minimum Gasteiger partial charge on any atom is -0.393 e. The van der Waals surface area contributed by atoms with E-state index in [0.29, 0.717) is 11.8 Å². The van der Waals surface area contributed by atoms with Gasteiger partial charge in [-0.05, 0) is 61.5 Å². The Morgan fingerprint density at radius 3 is 2.78 bits per heavy atom. The smallest absolute Gasteiger partial charge is 0.0543 e. The summed E-state index contributed by atoms with van der Waals surface area (Å²) in [7, 11) is 0. The average molecular weight is 251 g/mol. The molecule has 104 valence electrons. The van der Waals surface area contributed by atoms with Crippen molar-refractivity contribution in [2.75, 3.05) is 6.54 Å². The van der Waals surface area contributed by atoms with Crippen molar-refractivity contribution in [2.45, 2.75) is 59.0 Å². The maximum absolute atomic E-state index is 10.1. The van der Waals surface area contributed by atoms with Crippen molar-refractivity contribution in [1.29, 1.82) is 0 Å². The number of fused-ring (bicyclic) bond motifs is 1. The lowest BCUT2D eigenvalue weighted by Gasteiger charge is -2.49. The summed E-state index contributed by atoms with van der Waals surface area (Å²) in [5.74, 6) is 2.08. The Bertz CT molecular complexity index is 299. The first-order valence-corrected chi connectivity index (χ1v) is 7.69. The Labute approximate surface area is 112 Å². The van der Waals surface area contributed by atoms with Crippen LogP contribution >= 0.6 is 0 Å². The van der Waals surface area contributed by atoms with Crippen LogP contribution in [0.1, 0.15) is 52.9 Å². The van der Waals surface area contributed by atoms with E-state index in [0.717, 1.165) is 25.3 Å². The highest BCUT2D eigenvalue weighted by molar-refractivity contribution is 5.08. The molecule has 1 fully saturated rings. The fourth-order valence-electron chi connectivity index (χ4n) is 4.31. The Morgan fingerprint density at radius 1 is 1.33 bits per heavy atom. The Morgan fingerprint density at radius 2 is 2.11 bits per heavy atom. The molecule has 2 rings (SSSR count). The zero-order chi connectivity index (χ0) is 13.2. The highest BCUT2D eigenvalue weighted by Crippen LogP contribution is 2.51. The average Bonchev–Trinajstić information content (AvgIpc) is 2.32. The topological polar surface area (TPSA) is 32.3 Å². The van der Waals surface area contributed by atoms with Crippen LogP contribution in [-0.4, -0.2) is 17.8 Å². The van der Waals surface area contributed by atoms with Crippen molar-refractivity contribution in [3.8, 4) is 0 Å². The predicted octanol–water partition coefficient (Wildman–Crippen LogP) is 3.32. The molecule has 2 heteroatoms. The van der Waals surface area contributed by atoms with Crippen molar-refractivity contribution in [2.24, 2.45) is 23.2 Å². The third-order valence-electron chi connectivity index (χ3n) is 5.51. The molecule has 1 aliphatic carbocycles. The quantitative estimate of drug-likeness (QED) is 0.789. The van der Waals surface area contributed by atoms with Gasteiger partial charge in [0.15, 0.2) is 0 Å². The monoisotopic (exact) mass is 251 g/mol. The zero-order valence-electron chi connectivity index (χ0n) is 12.2. The van der Waals surface area contributed by atoms with Crippen LogP contribution in [0.15, 0.2) is 12.3 Å². The van der Waals surface area contributed by atoms with Gasteiger partial charge >= 0.3 is 0 Å². The maximum atomic E-state index is 10.1. The number of hydrogen-bond acceptors (Lipinski definition) is 2. The summed E-state index contributed by atoms with van der Waals surface area (Å²) in [6, 6.07) is 0. The van der Waals surface area contributed by atoms with Gasteiger partial charge in [-0.25, -0.2) is 0 Å². The van der Waals surface area contributed by atoms with Gasteiger partial charge in [-0.15, -0.1) is 0 Å². The summed E-state index contributed by atoms with van der Waals surface area (Å²) in [5.41, 5.74) is 0.263. The highest BCUT2D eigenvalue weighted by Gasteiger charge is 2.44. The van der Waals surface area contributed by atoms with Crippen molar-refractivity contribution >= 4 is 0 Å². The number of nitrogens with one attached hydrogen (secondary N) is 1. The maximum Gasteiger partial charge on any atom is 0.0543 e. The molecule has 0 aromatic heterocycles. The van der Waals surface area contributed by atoms with Crippen LogP contribution < -0.4 is 5.32 Å². The predicted molar refractivity (Wildman–Crippen MR) is 76.2 cm³/mol. The molecule has 2 aliphatic rings. The van der Waals surface area contributed by atoms with E-state index in [-0.39, 0.29) is 11.5 Å². The molecular weight excluding hydrogens is 222 g/mol. The van der Waals surface area contributed by atoms with Gasteiger partial charge in [0.2, 0.25) is 0 Å². The van der Waals surface area contributed by atoms with E-state index in [1.54, 1.807) is 0 Å². The number of aliphatic hydroxyl groups is 1. The largest absolute Gasteiger partial charge is 0.393 e. The highest BCUT2D eigenvalue weighted by atomic mass is 16.3. The molecule has 0 aromatic rings. The molecule has 4 atom stereocenters. The van der Waals surface area contributed by atoms with E-state index in [2.05, 4.69) is 38.4 Å². The fourth-order valence-corrected chi connectivity index (χ4v) is 4.31. The van der Waals surface area contributed by atoms with Gasteiger partial charge in [-0.1, -0.05) is 26.8 Å². The summed E-state index contributed by atoms with van der Waals surface area (Å²) in [6.45, 7) is 8.08. The number of hydrogen-bond donors (Lipinski definition) is 2. The zero-order valence-corrected chi connectivity index (χ0v) is 12.2. The van der Waals surface area contributed by atoms with Crippen LogP contribution in [0.5, 0.6) is 0 Å². The van der Waals surface area contributed by atoms with Crippen LogP contribution in [0.3, 0.4) is 0 Å². The van der Waals surface area contributed by atoms with E-state index in [4.69, 9.17) is 0 Å². The minimum atomic E-state index is -0.0725. The SMILES string of the molecule is CCC1(C(C)C)/C=C/NCCC2CCC(O)CC21. The molecule has 0 spiro atoms. The van der Waals surface area contributed by atoms with Crippen LogP contribution in [0.25, 0.3) is 0 Å². The summed E-state index contributed by atoms with van der Waals surface area (Å²) >= 11 is 0. The van der Waals surface area contributed by atoms with E-state index < -0.39 is 0 Å². The first-order chi connectivity index (χ1) is 8.60. The molecule has 0 bridgehead atoms. The van der Waals surface area contributed by atoms with Gasteiger partial charge in [-0.3, -0.25) is 0 Å². The van der Waals surface area contributed by atoms with Gasteiger partial charge in [0.25, 0.3) is 0 Å². The summed E-state index contributed by atoms with van der Waals surface area (Å²) in [4.78, 5) is 0. The fraction of sp³-hybridized carbons (Fsp3) is 0.875. The third kappa shape index (κ3) is 2.45. The molecule has 2 N–H and O–H groups in total. The van der Waals surface area contributed by atoms with Crippen LogP contribution in [0, 0.1) is 23.2 Å². The summed E-state index contributed by atoms with van der Waals surface area (Å²) in [6.07, 6.45) is 10.1. The Kier molecular flexibility index (Phi) is 4.37. The standard InChI is InChI=1S/C16H29NO/c1-4-16(12(2)3)8-10-17-9-7-13-5-6-14(18)11-15(13)16/h8,10,12-15,17-18H,4-7,9,11H2,1-3H3/b10-8+. The number of rotatable bonds is 2. The number of aliphatic hydroxyl groups excluding tert-OH is 1. The van der Waals surface area contributed by atoms with Crippen molar-refractivity contribution < 1.29 is 5.11 Å². The van der Waals surface area contributed by atoms with Gasteiger partial charge in [0.05, 0.1) is 6.10 Å². The van der Waals surface area contributed by atoms with Crippen LogP contribution in [0.4, 0.5) is 0 Å². The lowest BCUT2D eigenvalue weighted by molar-refractivity contribution is -0.00900. The molecule has 4 unspecified atom stereocenters. The normalized spacial score (nSPS) is 42.6. The molecule has 0 amide bonds.